The Hall–Kier alpha value is -1.32. The van der Waals surface area contributed by atoms with Crippen molar-refractivity contribution in [1.29, 1.82) is 0 Å². The highest BCUT2D eigenvalue weighted by Gasteiger charge is 1.97. The molecule has 0 aliphatic carbocycles. The van der Waals surface area contributed by atoms with Gasteiger partial charge in [-0.2, -0.15) is 0 Å². The van der Waals surface area contributed by atoms with Gasteiger partial charge in [-0.1, -0.05) is 6.08 Å². The highest BCUT2D eigenvalue weighted by atomic mass is 16.5. The van der Waals surface area contributed by atoms with Gasteiger partial charge in [-0.05, 0) is 19.3 Å². The van der Waals surface area contributed by atoms with E-state index in [4.69, 9.17) is 0 Å². The second-order valence-electron chi connectivity index (χ2n) is 2.75. The van der Waals surface area contributed by atoms with Crippen LogP contribution in [0.5, 0.6) is 0 Å². The summed E-state index contributed by atoms with van der Waals surface area (Å²) < 4.78 is 8.89. The van der Waals surface area contributed by atoms with E-state index in [9.17, 15) is 9.59 Å². The second kappa shape index (κ2) is 8.29. The van der Waals surface area contributed by atoms with Gasteiger partial charge in [-0.25, -0.2) is 4.79 Å². The van der Waals surface area contributed by atoms with Crippen LogP contribution < -0.4 is 0 Å². The van der Waals surface area contributed by atoms with Crippen molar-refractivity contribution in [3.8, 4) is 0 Å². The maximum Gasteiger partial charge on any atom is 0.330 e. The lowest BCUT2D eigenvalue weighted by molar-refractivity contribution is -0.140. The SMILES string of the molecule is COC(=O)C=CCCCCC(=O)OC. The van der Waals surface area contributed by atoms with Crippen LogP contribution in [0.1, 0.15) is 25.7 Å². The van der Waals surface area contributed by atoms with Gasteiger partial charge in [0.05, 0.1) is 14.2 Å². The molecular formula is C10H16O4. The molecule has 14 heavy (non-hydrogen) atoms. The summed E-state index contributed by atoms with van der Waals surface area (Å²) >= 11 is 0. The molecule has 0 aliphatic heterocycles. The van der Waals surface area contributed by atoms with Crippen LogP contribution in [0.3, 0.4) is 0 Å². The Morgan fingerprint density at radius 2 is 1.86 bits per heavy atom. The predicted molar refractivity (Wildman–Crippen MR) is 51.6 cm³/mol. The summed E-state index contributed by atoms with van der Waals surface area (Å²) in [5, 5.41) is 0. The van der Waals surface area contributed by atoms with Crippen molar-refractivity contribution in [3.63, 3.8) is 0 Å². The van der Waals surface area contributed by atoms with Crippen molar-refractivity contribution in [2.24, 2.45) is 0 Å². The summed E-state index contributed by atoms with van der Waals surface area (Å²) in [5.41, 5.74) is 0. The van der Waals surface area contributed by atoms with E-state index in [-0.39, 0.29) is 11.9 Å². The van der Waals surface area contributed by atoms with E-state index < -0.39 is 0 Å². The number of esters is 2. The Morgan fingerprint density at radius 1 is 1.14 bits per heavy atom. The third-order valence-electron chi connectivity index (χ3n) is 1.68. The molecular weight excluding hydrogens is 184 g/mol. The van der Waals surface area contributed by atoms with Crippen LogP contribution in [0.4, 0.5) is 0 Å². The molecule has 0 saturated heterocycles. The fourth-order valence-corrected chi connectivity index (χ4v) is 0.881. The monoisotopic (exact) mass is 200 g/mol. The Bertz CT molecular complexity index is 208. The Balaban J connectivity index is 3.33. The van der Waals surface area contributed by atoms with Crippen molar-refractivity contribution in [2.75, 3.05) is 14.2 Å². The summed E-state index contributed by atoms with van der Waals surface area (Å²) in [4.78, 5) is 21.3. The molecule has 0 amide bonds. The molecule has 0 fully saturated rings. The Morgan fingerprint density at radius 3 is 2.43 bits per heavy atom. The molecule has 0 aromatic carbocycles. The summed E-state index contributed by atoms with van der Waals surface area (Å²) in [7, 11) is 2.71. The van der Waals surface area contributed by atoms with E-state index in [0.717, 1.165) is 19.3 Å². The molecule has 0 spiro atoms. The summed E-state index contributed by atoms with van der Waals surface area (Å²) in [6, 6.07) is 0. The quantitative estimate of drug-likeness (QED) is 0.370. The topological polar surface area (TPSA) is 52.6 Å². The minimum atomic E-state index is -0.349. The van der Waals surface area contributed by atoms with Crippen LogP contribution >= 0.6 is 0 Å². The van der Waals surface area contributed by atoms with Crippen LogP contribution in [0, 0.1) is 0 Å². The zero-order valence-corrected chi connectivity index (χ0v) is 8.62. The van der Waals surface area contributed by atoms with Crippen LogP contribution in [-0.2, 0) is 19.1 Å². The molecule has 80 valence electrons. The van der Waals surface area contributed by atoms with E-state index in [1.807, 2.05) is 0 Å². The number of ether oxygens (including phenoxy) is 2. The summed E-state index contributed by atoms with van der Waals surface area (Å²) in [6.45, 7) is 0. The highest BCUT2D eigenvalue weighted by molar-refractivity contribution is 5.81. The number of unbranched alkanes of at least 4 members (excludes halogenated alkanes) is 2. The molecule has 0 unspecified atom stereocenters. The molecule has 0 radical (unpaired) electrons. The van der Waals surface area contributed by atoms with Gasteiger partial charge < -0.3 is 9.47 Å². The number of hydrogen-bond donors (Lipinski definition) is 0. The van der Waals surface area contributed by atoms with E-state index in [1.54, 1.807) is 6.08 Å². The minimum absolute atomic E-state index is 0.193. The van der Waals surface area contributed by atoms with Crippen molar-refractivity contribution in [1.82, 2.24) is 0 Å². The van der Waals surface area contributed by atoms with Crippen molar-refractivity contribution in [2.45, 2.75) is 25.7 Å². The molecule has 0 aromatic heterocycles. The first-order valence-electron chi connectivity index (χ1n) is 4.52. The first kappa shape index (κ1) is 12.7. The number of carbonyl (C=O) groups is 2. The minimum Gasteiger partial charge on any atom is -0.469 e. The lowest BCUT2D eigenvalue weighted by Crippen LogP contribution is -1.99. The van der Waals surface area contributed by atoms with Gasteiger partial charge in [0.25, 0.3) is 0 Å². The second-order valence-corrected chi connectivity index (χ2v) is 2.75. The summed E-state index contributed by atoms with van der Waals surface area (Å²) in [5.74, 6) is -0.542. The number of carbonyl (C=O) groups excluding carboxylic acids is 2. The first-order valence-corrected chi connectivity index (χ1v) is 4.52. The van der Waals surface area contributed by atoms with Gasteiger partial charge >= 0.3 is 11.9 Å². The molecule has 0 aromatic rings. The number of methoxy groups -OCH3 is 2. The third kappa shape index (κ3) is 7.34. The summed E-state index contributed by atoms with van der Waals surface area (Å²) in [6.07, 6.45) is 5.97. The maximum absolute atomic E-state index is 10.7. The van der Waals surface area contributed by atoms with Gasteiger partial charge in [0, 0.05) is 12.5 Å². The average Bonchev–Trinajstić information content (AvgIpc) is 2.22. The van der Waals surface area contributed by atoms with Crippen LogP contribution in [0.15, 0.2) is 12.2 Å². The first-order chi connectivity index (χ1) is 6.70. The maximum atomic E-state index is 10.7. The zero-order valence-electron chi connectivity index (χ0n) is 8.62. The molecule has 0 N–H and O–H groups in total. The predicted octanol–water partition coefficient (Wildman–Crippen LogP) is 1.45. The van der Waals surface area contributed by atoms with Gasteiger partial charge in [0.2, 0.25) is 0 Å². The zero-order chi connectivity index (χ0) is 10.8. The average molecular weight is 200 g/mol. The van der Waals surface area contributed by atoms with Crippen molar-refractivity contribution >= 4 is 11.9 Å². The lowest BCUT2D eigenvalue weighted by Gasteiger charge is -1.96. The van der Waals surface area contributed by atoms with Crippen LogP contribution in [0.2, 0.25) is 0 Å². The standard InChI is InChI=1S/C10H16O4/c1-13-9(11)7-5-3-4-6-8-10(12)14-2/h5,7H,3-4,6,8H2,1-2H3. The molecule has 0 atom stereocenters. The Kier molecular flexibility index (Phi) is 7.50. The van der Waals surface area contributed by atoms with E-state index >= 15 is 0 Å². The number of rotatable bonds is 6. The molecule has 4 nitrogen and oxygen atoms in total. The Labute approximate surface area is 83.9 Å². The molecule has 0 aliphatic rings. The molecule has 0 heterocycles. The molecule has 0 saturated carbocycles. The molecule has 0 bridgehead atoms. The smallest absolute Gasteiger partial charge is 0.330 e. The lowest BCUT2D eigenvalue weighted by atomic mass is 10.2. The van der Waals surface area contributed by atoms with Crippen molar-refractivity contribution < 1.29 is 19.1 Å². The van der Waals surface area contributed by atoms with Crippen molar-refractivity contribution in [3.05, 3.63) is 12.2 Å². The van der Waals surface area contributed by atoms with Gasteiger partial charge in [0.1, 0.15) is 0 Å². The normalized spacial score (nSPS) is 10.1. The van der Waals surface area contributed by atoms with E-state index in [0.29, 0.717) is 6.42 Å². The largest absolute Gasteiger partial charge is 0.469 e. The van der Waals surface area contributed by atoms with Gasteiger partial charge in [0.15, 0.2) is 0 Å². The molecule has 0 rings (SSSR count). The van der Waals surface area contributed by atoms with E-state index in [1.165, 1.54) is 20.3 Å². The number of allylic oxidation sites excluding steroid dienone is 1. The highest BCUT2D eigenvalue weighted by Crippen LogP contribution is 2.01. The van der Waals surface area contributed by atoms with Crippen LogP contribution in [-0.4, -0.2) is 26.2 Å². The van der Waals surface area contributed by atoms with Gasteiger partial charge in [-0.3, -0.25) is 4.79 Å². The fourth-order valence-electron chi connectivity index (χ4n) is 0.881. The van der Waals surface area contributed by atoms with Gasteiger partial charge in [-0.15, -0.1) is 0 Å². The molecule has 4 heteroatoms. The third-order valence-corrected chi connectivity index (χ3v) is 1.68. The van der Waals surface area contributed by atoms with Crippen LogP contribution in [0.25, 0.3) is 0 Å². The fraction of sp³-hybridized carbons (Fsp3) is 0.600. The number of hydrogen-bond acceptors (Lipinski definition) is 4. The van der Waals surface area contributed by atoms with E-state index in [2.05, 4.69) is 9.47 Å².